The molecule has 3 heterocycles. The average molecular weight is 446 g/mol. The number of ether oxygens (including phenoxy) is 1. The molecular formula is C18H18N6O6S. The lowest BCUT2D eigenvalue weighted by Crippen LogP contribution is -2.73. The standard InChI is InChI=1S/C18H18N6O6S/c1-23-18(20-21-22-23)31-8-10-7-30-16-13(15(27)24(16)14(10)17(28)29)19-12(26)6-9-2-4-11(25)5-3-9/h2-5,13,16,25H,6-8H2,1H3,(H,19,26)(H,28,29)/t13-,16-/m1/s1. The predicted molar refractivity (Wildman–Crippen MR) is 105 cm³/mol. The van der Waals surface area contributed by atoms with Gasteiger partial charge in [-0.1, -0.05) is 23.9 Å². The van der Waals surface area contributed by atoms with E-state index in [1.165, 1.54) is 28.6 Å². The molecule has 1 saturated heterocycles. The zero-order valence-electron chi connectivity index (χ0n) is 16.3. The maximum Gasteiger partial charge on any atom is 0.352 e. The van der Waals surface area contributed by atoms with Crippen LogP contribution in [0.3, 0.4) is 0 Å². The maximum absolute atomic E-state index is 12.6. The molecule has 31 heavy (non-hydrogen) atoms. The van der Waals surface area contributed by atoms with Crippen LogP contribution in [0, 0.1) is 0 Å². The van der Waals surface area contributed by atoms with Gasteiger partial charge in [-0.05, 0) is 33.7 Å². The van der Waals surface area contributed by atoms with Crippen LogP contribution in [0.15, 0.2) is 40.7 Å². The highest BCUT2D eigenvalue weighted by Crippen LogP contribution is 2.34. The smallest absolute Gasteiger partial charge is 0.352 e. The lowest BCUT2D eigenvalue weighted by Gasteiger charge is -2.49. The number of hydrogen-bond donors (Lipinski definition) is 3. The van der Waals surface area contributed by atoms with Gasteiger partial charge in [0.2, 0.25) is 11.1 Å². The van der Waals surface area contributed by atoms with E-state index in [-0.39, 0.29) is 30.2 Å². The van der Waals surface area contributed by atoms with Crippen LogP contribution < -0.4 is 5.32 Å². The zero-order valence-corrected chi connectivity index (χ0v) is 17.1. The van der Waals surface area contributed by atoms with Crippen LogP contribution in [0.1, 0.15) is 5.56 Å². The number of benzene rings is 1. The third kappa shape index (κ3) is 4.09. The average Bonchev–Trinajstić information content (AvgIpc) is 3.16. The normalized spacial score (nSPS) is 20.3. The first-order valence-electron chi connectivity index (χ1n) is 9.17. The molecule has 12 nitrogen and oxygen atoms in total. The number of amides is 2. The lowest BCUT2D eigenvalue weighted by atomic mass is 9.98. The second-order valence-electron chi connectivity index (χ2n) is 6.93. The van der Waals surface area contributed by atoms with Gasteiger partial charge in [0.15, 0.2) is 12.3 Å². The Hall–Kier alpha value is -3.45. The molecule has 1 fully saturated rings. The second kappa shape index (κ2) is 8.35. The van der Waals surface area contributed by atoms with Crippen molar-refractivity contribution in [2.24, 2.45) is 7.05 Å². The Kier molecular flexibility index (Phi) is 5.61. The number of carbonyl (C=O) groups excluding carboxylic acids is 2. The van der Waals surface area contributed by atoms with Gasteiger partial charge in [0, 0.05) is 12.8 Å². The van der Waals surface area contributed by atoms with Crippen LogP contribution in [0.25, 0.3) is 0 Å². The summed E-state index contributed by atoms with van der Waals surface area (Å²) in [5, 5.41) is 33.1. The van der Waals surface area contributed by atoms with Crippen LogP contribution in [0.2, 0.25) is 0 Å². The summed E-state index contributed by atoms with van der Waals surface area (Å²) in [6.45, 7) is -0.00130. The van der Waals surface area contributed by atoms with Gasteiger partial charge in [-0.15, -0.1) is 5.10 Å². The van der Waals surface area contributed by atoms with E-state index >= 15 is 0 Å². The fourth-order valence-electron chi connectivity index (χ4n) is 3.31. The minimum absolute atomic E-state index is 0.00130. The third-order valence-corrected chi connectivity index (χ3v) is 5.92. The van der Waals surface area contributed by atoms with Crippen molar-refractivity contribution in [2.45, 2.75) is 23.8 Å². The summed E-state index contributed by atoms with van der Waals surface area (Å²) in [5.74, 6) is -1.90. The van der Waals surface area contributed by atoms with Crippen molar-refractivity contribution in [2.75, 3.05) is 12.4 Å². The van der Waals surface area contributed by atoms with Crippen LogP contribution >= 0.6 is 11.8 Å². The number of aromatic nitrogens is 4. The Balaban J connectivity index is 1.43. The number of thioether (sulfide) groups is 1. The predicted octanol–water partition coefficient (Wildman–Crippen LogP) is -0.727. The molecule has 0 saturated carbocycles. The monoisotopic (exact) mass is 446 g/mol. The number of phenols is 1. The highest BCUT2D eigenvalue weighted by atomic mass is 32.2. The molecule has 2 amide bonds. The molecular weight excluding hydrogens is 428 g/mol. The number of aliphatic carboxylic acids is 1. The fraction of sp³-hybridized carbons (Fsp3) is 0.333. The number of aryl methyl sites for hydroxylation is 1. The highest BCUT2D eigenvalue weighted by Gasteiger charge is 2.54. The summed E-state index contributed by atoms with van der Waals surface area (Å²) in [6, 6.07) is 5.16. The Labute approximate surface area is 179 Å². The molecule has 2 aliphatic rings. The van der Waals surface area contributed by atoms with Crippen molar-refractivity contribution in [1.82, 2.24) is 30.4 Å². The van der Waals surface area contributed by atoms with Crippen molar-refractivity contribution >= 4 is 29.5 Å². The summed E-state index contributed by atoms with van der Waals surface area (Å²) in [7, 11) is 1.66. The van der Waals surface area contributed by atoms with E-state index in [1.54, 1.807) is 19.2 Å². The highest BCUT2D eigenvalue weighted by molar-refractivity contribution is 7.99. The quantitative estimate of drug-likeness (QED) is 0.365. The van der Waals surface area contributed by atoms with Crippen LogP contribution in [0.4, 0.5) is 0 Å². The first-order valence-corrected chi connectivity index (χ1v) is 10.2. The van der Waals surface area contributed by atoms with Crippen LogP contribution in [-0.2, 0) is 32.6 Å². The summed E-state index contributed by atoms with van der Waals surface area (Å²) < 4.78 is 7.14. The first-order chi connectivity index (χ1) is 14.8. The van der Waals surface area contributed by atoms with E-state index in [0.29, 0.717) is 16.3 Å². The number of phenolic OH excluding ortho intramolecular Hbond substituents is 1. The molecule has 13 heteroatoms. The number of rotatable bonds is 7. The SMILES string of the molecule is Cn1nnnc1SCC1=C(C(=O)O)N2C(=O)[C@@H](NC(=O)Cc3ccc(O)cc3)[C@H]2OC1. The van der Waals surface area contributed by atoms with E-state index in [2.05, 4.69) is 20.8 Å². The fourth-order valence-corrected chi connectivity index (χ4v) is 4.15. The summed E-state index contributed by atoms with van der Waals surface area (Å²) in [5.41, 5.74) is 0.930. The van der Waals surface area contributed by atoms with Gasteiger partial charge in [-0.25, -0.2) is 9.48 Å². The van der Waals surface area contributed by atoms with E-state index in [9.17, 15) is 24.6 Å². The van der Waals surface area contributed by atoms with Crippen molar-refractivity contribution in [3.8, 4) is 5.75 Å². The number of nitrogens with one attached hydrogen (secondary N) is 1. The Morgan fingerprint density at radius 2 is 2.06 bits per heavy atom. The molecule has 3 N–H and O–H groups in total. The number of fused-ring (bicyclic) bond motifs is 1. The molecule has 0 unspecified atom stereocenters. The van der Waals surface area contributed by atoms with Crippen molar-refractivity contribution < 1.29 is 29.3 Å². The number of carboxylic acids is 1. The minimum atomic E-state index is -1.25. The summed E-state index contributed by atoms with van der Waals surface area (Å²) in [4.78, 5) is 37.9. The molecule has 162 valence electrons. The molecule has 0 aliphatic carbocycles. The van der Waals surface area contributed by atoms with E-state index < -0.39 is 30.1 Å². The van der Waals surface area contributed by atoms with Gasteiger partial charge < -0.3 is 20.3 Å². The van der Waals surface area contributed by atoms with Gasteiger partial charge in [0.05, 0.1) is 13.0 Å². The lowest BCUT2D eigenvalue weighted by molar-refractivity contribution is -0.184. The third-order valence-electron chi connectivity index (χ3n) is 4.82. The number of β-lactam (4-membered cyclic amide) rings is 1. The number of carbonyl (C=O) groups is 3. The van der Waals surface area contributed by atoms with Crippen molar-refractivity contribution in [3.05, 3.63) is 41.1 Å². The largest absolute Gasteiger partial charge is 0.508 e. The number of nitrogens with zero attached hydrogens (tertiary/aromatic N) is 5. The van der Waals surface area contributed by atoms with Gasteiger partial charge in [0.25, 0.3) is 5.91 Å². The number of hydrogen-bond acceptors (Lipinski definition) is 9. The van der Waals surface area contributed by atoms with Gasteiger partial charge in [-0.2, -0.15) is 0 Å². The minimum Gasteiger partial charge on any atom is -0.508 e. The Morgan fingerprint density at radius 3 is 2.71 bits per heavy atom. The summed E-state index contributed by atoms with van der Waals surface area (Å²) in [6.07, 6.45) is -0.876. The molecule has 0 radical (unpaired) electrons. The molecule has 2 aliphatic heterocycles. The van der Waals surface area contributed by atoms with E-state index in [4.69, 9.17) is 4.74 Å². The number of carboxylic acid groups (broad SMARTS) is 1. The van der Waals surface area contributed by atoms with Crippen molar-refractivity contribution in [1.29, 1.82) is 0 Å². The molecule has 4 rings (SSSR count). The Bertz CT molecular complexity index is 1070. The number of aromatic hydroxyl groups is 1. The molecule has 2 aromatic rings. The number of tetrazole rings is 1. The van der Waals surface area contributed by atoms with Crippen LogP contribution in [-0.4, -0.2) is 77.7 Å². The van der Waals surface area contributed by atoms with Crippen LogP contribution in [0.5, 0.6) is 5.75 Å². The van der Waals surface area contributed by atoms with E-state index in [1.807, 2.05) is 0 Å². The maximum atomic E-state index is 12.6. The topological polar surface area (TPSA) is 160 Å². The molecule has 1 aromatic heterocycles. The molecule has 0 spiro atoms. The second-order valence-corrected chi connectivity index (χ2v) is 7.87. The summed E-state index contributed by atoms with van der Waals surface area (Å²) >= 11 is 1.22. The van der Waals surface area contributed by atoms with Gasteiger partial charge in [0.1, 0.15) is 11.4 Å². The van der Waals surface area contributed by atoms with Gasteiger partial charge in [-0.3, -0.25) is 14.5 Å². The molecule has 1 aromatic carbocycles. The van der Waals surface area contributed by atoms with Crippen molar-refractivity contribution in [3.63, 3.8) is 0 Å². The molecule has 0 bridgehead atoms. The molecule has 2 atom stereocenters. The zero-order chi connectivity index (χ0) is 22.1. The Morgan fingerprint density at radius 1 is 1.32 bits per heavy atom. The van der Waals surface area contributed by atoms with E-state index in [0.717, 1.165) is 4.90 Å². The van der Waals surface area contributed by atoms with Gasteiger partial charge >= 0.3 is 5.97 Å². The first kappa shape index (κ1) is 20.8.